The van der Waals surface area contributed by atoms with Crippen molar-refractivity contribution in [1.29, 1.82) is 0 Å². The molecule has 2 atom stereocenters. The van der Waals surface area contributed by atoms with Crippen LogP contribution in [0.15, 0.2) is 42.5 Å². The second kappa shape index (κ2) is 12.0. The SMILES string of the molecule is O=C(Nc1ccc(C(=O)N2CCN(Cc3ccc(C(O)(C(F)(F)F)C(F)(F)F)cc3)CC2)cc1F)NC1COCC1O. The van der Waals surface area contributed by atoms with Crippen LogP contribution in [0.2, 0.25) is 0 Å². The fourth-order valence-corrected chi connectivity index (χ4v) is 4.65. The number of aliphatic hydroxyl groups excluding tert-OH is 1. The number of ether oxygens (including phenoxy) is 1. The highest BCUT2D eigenvalue weighted by molar-refractivity contribution is 5.95. The Balaban J connectivity index is 1.30. The minimum absolute atomic E-state index is 0.0314. The van der Waals surface area contributed by atoms with E-state index in [1.807, 2.05) is 4.90 Å². The fourth-order valence-electron chi connectivity index (χ4n) is 4.65. The van der Waals surface area contributed by atoms with Crippen LogP contribution in [0.3, 0.4) is 0 Å². The average molecular weight is 609 g/mol. The number of rotatable bonds is 6. The molecule has 42 heavy (non-hydrogen) atoms. The summed E-state index contributed by atoms with van der Waals surface area (Å²) >= 11 is 0. The van der Waals surface area contributed by atoms with Gasteiger partial charge >= 0.3 is 18.4 Å². The Morgan fingerprint density at radius 2 is 1.55 bits per heavy atom. The number of nitrogens with one attached hydrogen (secondary N) is 2. The van der Waals surface area contributed by atoms with E-state index in [1.165, 1.54) is 17.0 Å². The molecule has 9 nitrogen and oxygen atoms in total. The monoisotopic (exact) mass is 608 g/mol. The number of aliphatic hydroxyl groups is 2. The highest BCUT2D eigenvalue weighted by Gasteiger charge is 2.71. The Morgan fingerprint density at radius 1 is 0.929 bits per heavy atom. The molecule has 0 aromatic heterocycles. The number of urea groups is 1. The number of anilines is 1. The number of hydrogen-bond donors (Lipinski definition) is 4. The maximum Gasteiger partial charge on any atom is 0.430 e. The predicted molar refractivity (Wildman–Crippen MR) is 133 cm³/mol. The van der Waals surface area contributed by atoms with Crippen molar-refractivity contribution in [2.45, 2.75) is 36.6 Å². The first-order valence-electron chi connectivity index (χ1n) is 12.7. The summed E-state index contributed by atoms with van der Waals surface area (Å²) in [6.07, 6.45) is -12.8. The van der Waals surface area contributed by atoms with Gasteiger partial charge in [-0.25, -0.2) is 9.18 Å². The van der Waals surface area contributed by atoms with Crippen LogP contribution in [0.25, 0.3) is 0 Å². The topological polar surface area (TPSA) is 114 Å². The summed E-state index contributed by atoms with van der Waals surface area (Å²) in [5.74, 6) is -1.33. The molecular formula is C26H27F7N4O5. The van der Waals surface area contributed by atoms with Crippen molar-refractivity contribution in [1.82, 2.24) is 15.1 Å². The molecule has 2 unspecified atom stereocenters. The second-order valence-corrected chi connectivity index (χ2v) is 9.98. The van der Waals surface area contributed by atoms with E-state index in [1.54, 1.807) is 0 Å². The smallest absolute Gasteiger partial charge is 0.388 e. The minimum atomic E-state index is -5.97. The van der Waals surface area contributed by atoms with E-state index in [0.717, 1.165) is 18.2 Å². The summed E-state index contributed by atoms with van der Waals surface area (Å²) in [7, 11) is 0. The van der Waals surface area contributed by atoms with E-state index in [9.17, 15) is 50.5 Å². The zero-order valence-corrected chi connectivity index (χ0v) is 21.8. The maximum atomic E-state index is 14.6. The lowest BCUT2D eigenvalue weighted by Gasteiger charge is -2.35. The van der Waals surface area contributed by atoms with Crippen LogP contribution >= 0.6 is 0 Å². The van der Waals surface area contributed by atoms with Gasteiger partial charge in [-0.2, -0.15) is 26.3 Å². The van der Waals surface area contributed by atoms with E-state index in [4.69, 9.17) is 4.74 Å². The van der Waals surface area contributed by atoms with Crippen LogP contribution in [0, 0.1) is 5.82 Å². The lowest BCUT2D eigenvalue weighted by molar-refractivity contribution is -0.376. The molecule has 2 saturated heterocycles. The largest absolute Gasteiger partial charge is 0.430 e. The Bertz CT molecular complexity index is 1270. The molecule has 3 amide bonds. The van der Waals surface area contributed by atoms with Crippen LogP contribution < -0.4 is 10.6 Å². The molecule has 0 bridgehead atoms. The molecule has 0 aliphatic carbocycles. The zero-order valence-electron chi connectivity index (χ0n) is 21.8. The maximum absolute atomic E-state index is 14.6. The van der Waals surface area contributed by atoms with E-state index >= 15 is 0 Å². The lowest BCUT2D eigenvalue weighted by atomic mass is 9.91. The molecular weight excluding hydrogens is 581 g/mol. The Morgan fingerprint density at radius 3 is 2.07 bits per heavy atom. The first-order chi connectivity index (χ1) is 19.6. The standard InChI is InChI=1S/C26H27F7N4O5/c27-18-11-16(3-6-19(18)34-23(40)35-20-13-42-14-21(20)38)22(39)37-9-7-36(8-10-37)12-15-1-4-17(5-2-15)24(41,25(28,29)30)26(31,32)33/h1-6,11,20-21,38,41H,7-10,12-14H2,(H2,34,35,40). The molecule has 230 valence electrons. The Hall–Kier alpha value is -3.47. The van der Waals surface area contributed by atoms with Crippen LogP contribution in [0.4, 0.5) is 41.2 Å². The highest BCUT2D eigenvalue weighted by atomic mass is 19.4. The van der Waals surface area contributed by atoms with E-state index in [0.29, 0.717) is 30.8 Å². The van der Waals surface area contributed by atoms with Crippen molar-refractivity contribution in [3.05, 3.63) is 65.0 Å². The van der Waals surface area contributed by atoms with Gasteiger partial charge in [0.1, 0.15) is 5.82 Å². The van der Waals surface area contributed by atoms with Crippen LogP contribution in [-0.2, 0) is 16.9 Å². The van der Waals surface area contributed by atoms with Gasteiger partial charge in [-0.05, 0) is 23.8 Å². The van der Waals surface area contributed by atoms with Crippen LogP contribution in [-0.4, -0.2) is 95.8 Å². The zero-order chi connectivity index (χ0) is 30.9. The number of alkyl halides is 6. The van der Waals surface area contributed by atoms with E-state index in [-0.39, 0.29) is 44.1 Å². The lowest BCUT2D eigenvalue weighted by Crippen LogP contribution is -2.53. The number of carbonyl (C=O) groups is 2. The van der Waals surface area contributed by atoms with Crippen molar-refractivity contribution in [2.24, 2.45) is 0 Å². The number of amides is 3. The average Bonchev–Trinajstić information content (AvgIpc) is 3.32. The first kappa shape index (κ1) is 31.5. The summed E-state index contributed by atoms with van der Waals surface area (Å²) in [6.45, 7) is 1.42. The summed E-state index contributed by atoms with van der Waals surface area (Å²) in [5, 5.41) is 24.0. The molecule has 2 aliphatic heterocycles. The van der Waals surface area contributed by atoms with Crippen LogP contribution in [0.5, 0.6) is 0 Å². The Labute approximate surface area is 234 Å². The molecule has 16 heteroatoms. The number of hydrogen-bond acceptors (Lipinski definition) is 6. The summed E-state index contributed by atoms with van der Waals surface area (Å²) in [4.78, 5) is 28.3. The van der Waals surface area contributed by atoms with Gasteiger partial charge in [0.05, 0.1) is 31.0 Å². The van der Waals surface area contributed by atoms with Gasteiger partial charge in [0.2, 0.25) is 0 Å². The Kier molecular flexibility index (Phi) is 9.01. The second-order valence-electron chi connectivity index (χ2n) is 9.98. The molecule has 2 aromatic rings. The van der Waals surface area contributed by atoms with Gasteiger partial charge in [-0.15, -0.1) is 0 Å². The van der Waals surface area contributed by atoms with Crippen molar-refractivity contribution in [3.8, 4) is 0 Å². The van der Waals surface area contributed by atoms with Crippen LogP contribution in [0.1, 0.15) is 21.5 Å². The molecule has 2 aliphatic rings. The van der Waals surface area contributed by atoms with Gasteiger partial charge in [-0.1, -0.05) is 24.3 Å². The van der Waals surface area contributed by atoms with Crippen molar-refractivity contribution >= 4 is 17.6 Å². The minimum Gasteiger partial charge on any atom is -0.388 e. The molecule has 0 saturated carbocycles. The van der Waals surface area contributed by atoms with Gasteiger partial charge in [-0.3, -0.25) is 9.69 Å². The van der Waals surface area contributed by atoms with E-state index in [2.05, 4.69) is 10.6 Å². The van der Waals surface area contributed by atoms with Gasteiger partial charge in [0.15, 0.2) is 0 Å². The molecule has 2 fully saturated rings. The summed E-state index contributed by atoms with van der Waals surface area (Å²) in [6, 6.07) is 5.44. The molecule has 4 N–H and O–H groups in total. The molecule has 0 spiro atoms. The summed E-state index contributed by atoms with van der Waals surface area (Å²) < 4.78 is 98.2. The van der Waals surface area contributed by atoms with Crippen molar-refractivity contribution in [2.75, 3.05) is 44.7 Å². The molecule has 4 rings (SSSR count). The fraction of sp³-hybridized carbons (Fsp3) is 0.462. The number of carbonyl (C=O) groups excluding carboxylic acids is 2. The van der Waals surface area contributed by atoms with Gasteiger partial charge in [0.25, 0.3) is 11.5 Å². The third-order valence-corrected chi connectivity index (χ3v) is 7.09. The normalized spacial score (nSPS) is 20.5. The van der Waals surface area contributed by atoms with Crippen molar-refractivity contribution in [3.63, 3.8) is 0 Å². The predicted octanol–water partition coefficient (Wildman–Crippen LogP) is 2.98. The van der Waals surface area contributed by atoms with Gasteiger partial charge in [0, 0.05) is 43.9 Å². The van der Waals surface area contributed by atoms with E-state index < -0.39 is 53.4 Å². The first-order valence-corrected chi connectivity index (χ1v) is 12.7. The molecule has 0 radical (unpaired) electrons. The number of nitrogens with zero attached hydrogens (tertiary/aromatic N) is 2. The number of halogens is 7. The third kappa shape index (κ3) is 6.61. The number of piperazine rings is 1. The molecule has 2 heterocycles. The number of benzene rings is 2. The third-order valence-electron chi connectivity index (χ3n) is 7.09. The summed E-state index contributed by atoms with van der Waals surface area (Å²) in [5.41, 5.74) is -6.10. The highest BCUT2D eigenvalue weighted by Crippen LogP contribution is 2.50. The quantitative estimate of drug-likeness (QED) is 0.375. The van der Waals surface area contributed by atoms with Crippen molar-refractivity contribution < 1.29 is 55.3 Å². The van der Waals surface area contributed by atoms with Gasteiger partial charge < -0.3 is 30.5 Å². The molecule has 2 aromatic carbocycles.